The number of benzene rings is 2. The van der Waals surface area contributed by atoms with Gasteiger partial charge in [-0.1, -0.05) is 44.2 Å². The van der Waals surface area contributed by atoms with Crippen LogP contribution in [0.15, 0.2) is 53.4 Å². The van der Waals surface area contributed by atoms with E-state index in [4.69, 9.17) is 5.14 Å². The molecule has 0 saturated heterocycles. The minimum absolute atomic E-state index is 0.0209. The van der Waals surface area contributed by atoms with Gasteiger partial charge in [0.15, 0.2) is 0 Å². The molecule has 10 nitrogen and oxygen atoms in total. The van der Waals surface area contributed by atoms with Crippen LogP contribution in [-0.4, -0.2) is 70.3 Å². The lowest BCUT2D eigenvalue weighted by Crippen LogP contribution is -2.47. The Labute approximate surface area is 223 Å². The molecular weight excluding hydrogens is 513 g/mol. The molecule has 0 aromatic heterocycles. The van der Waals surface area contributed by atoms with Crippen LogP contribution in [0.1, 0.15) is 25.0 Å². The highest BCUT2D eigenvalue weighted by molar-refractivity contribution is 7.89. The van der Waals surface area contributed by atoms with E-state index in [1.807, 2.05) is 13.8 Å². The first-order chi connectivity index (χ1) is 18.0. The van der Waals surface area contributed by atoms with E-state index in [-0.39, 0.29) is 42.8 Å². The van der Waals surface area contributed by atoms with Crippen LogP contribution in [0.2, 0.25) is 0 Å². The number of halogens is 1. The molecule has 0 spiro atoms. The number of nitrogens with zero attached hydrogens (tertiary/aromatic N) is 1. The fourth-order valence-corrected chi connectivity index (χ4v) is 4.04. The maximum Gasteiger partial charge on any atom is 0.246 e. The van der Waals surface area contributed by atoms with E-state index in [1.165, 1.54) is 23.1 Å². The van der Waals surface area contributed by atoms with Gasteiger partial charge >= 0.3 is 0 Å². The van der Waals surface area contributed by atoms with Crippen molar-refractivity contribution < 1.29 is 27.2 Å². The number of sulfonamides is 1. The largest absolute Gasteiger partial charge is 0.332 e. The molecule has 0 aliphatic rings. The summed E-state index contributed by atoms with van der Waals surface area (Å²) in [6.07, 6.45) is 0.747. The number of nitrogens with two attached hydrogens (primary N) is 1. The first-order valence-electron chi connectivity index (χ1n) is 12.3. The van der Waals surface area contributed by atoms with Crippen molar-refractivity contribution in [3.8, 4) is 0 Å². The maximum absolute atomic E-state index is 13.7. The highest BCUT2D eigenvalue weighted by atomic mass is 32.2. The number of imide groups is 1. The minimum Gasteiger partial charge on any atom is -0.332 e. The number of rotatable bonds is 15. The molecule has 0 aliphatic heterocycles. The Morgan fingerprint density at radius 1 is 0.947 bits per heavy atom. The predicted octanol–water partition coefficient (Wildman–Crippen LogP) is 0.565. The van der Waals surface area contributed by atoms with Gasteiger partial charge in [0.1, 0.15) is 5.82 Å². The summed E-state index contributed by atoms with van der Waals surface area (Å²) in [5, 5.41) is 13.3. The van der Waals surface area contributed by atoms with E-state index in [0.717, 1.165) is 5.56 Å². The molecule has 2 rings (SSSR count). The van der Waals surface area contributed by atoms with Gasteiger partial charge in [0.2, 0.25) is 27.7 Å². The van der Waals surface area contributed by atoms with Gasteiger partial charge in [0, 0.05) is 6.54 Å². The molecule has 2 aromatic carbocycles. The summed E-state index contributed by atoms with van der Waals surface area (Å²) in [5.41, 5.74) is 1.27. The lowest BCUT2D eigenvalue weighted by Gasteiger charge is -2.23. The quantitative estimate of drug-likeness (QED) is 0.237. The summed E-state index contributed by atoms with van der Waals surface area (Å²) in [6.45, 7) is 4.73. The van der Waals surface area contributed by atoms with Crippen molar-refractivity contribution >= 4 is 27.7 Å². The molecule has 38 heavy (non-hydrogen) atoms. The predicted molar refractivity (Wildman–Crippen MR) is 142 cm³/mol. The number of carbonyl (C=O) groups is 3. The Morgan fingerprint density at radius 2 is 1.63 bits per heavy atom. The average Bonchev–Trinajstić information content (AvgIpc) is 2.84. The lowest BCUT2D eigenvalue weighted by molar-refractivity contribution is -0.137. The number of amides is 3. The zero-order chi connectivity index (χ0) is 28.1. The molecule has 208 valence electrons. The number of hydrogen-bond donors (Lipinski definition) is 4. The van der Waals surface area contributed by atoms with Crippen molar-refractivity contribution in [1.82, 2.24) is 20.9 Å². The zero-order valence-corrected chi connectivity index (χ0v) is 22.5. The van der Waals surface area contributed by atoms with Crippen LogP contribution in [0.4, 0.5) is 4.39 Å². The average molecular weight is 550 g/mol. The zero-order valence-electron chi connectivity index (χ0n) is 21.7. The van der Waals surface area contributed by atoms with E-state index < -0.39 is 21.8 Å². The van der Waals surface area contributed by atoms with Crippen LogP contribution < -0.4 is 21.1 Å². The number of hydrogen-bond acceptors (Lipinski definition) is 7. The van der Waals surface area contributed by atoms with Gasteiger partial charge in [-0.15, -0.1) is 0 Å². The third-order valence-electron chi connectivity index (χ3n) is 5.53. The Hall–Kier alpha value is -3.19. The van der Waals surface area contributed by atoms with Gasteiger partial charge < -0.3 is 15.5 Å². The molecule has 5 N–H and O–H groups in total. The van der Waals surface area contributed by atoms with Crippen LogP contribution in [0.3, 0.4) is 0 Å². The van der Waals surface area contributed by atoms with Crippen molar-refractivity contribution in [1.29, 1.82) is 0 Å². The summed E-state index contributed by atoms with van der Waals surface area (Å²) < 4.78 is 36.6. The number of carbonyl (C=O) groups excluding carboxylic acids is 3. The van der Waals surface area contributed by atoms with Crippen molar-refractivity contribution in [2.75, 3.05) is 39.3 Å². The van der Waals surface area contributed by atoms with Crippen LogP contribution in [-0.2, 0) is 37.2 Å². The standard InChI is InChI=1S/C26H36FN5O5S/c1-19(2)15-30-17-26(35)32(14-12-20-7-9-22(10-8-20)38(28,36)37)18-25(34)31-24(33)16-29-13-11-21-5-3-4-6-23(21)27/h3-10,19,29-30H,11-18H2,1-2H3,(H2,28,36,37)(H,31,33,34). The van der Waals surface area contributed by atoms with Crippen molar-refractivity contribution in [3.05, 3.63) is 65.5 Å². The molecule has 3 amide bonds. The molecule has 0 radical (unpaired) electrons. The van der Waals surface area contributed by atoms with Crippen LogP contribution in [0, 0.1) is 11.7 Å². The second kappa shape index (κ2) is 15.3. The van der Waals surface area contributed by atoms with Gasteiger partial charge in [-0.2, -0.15) is 0 Å². The fraction of sp³-hybridized carbons (Fsp3) is 0.423. The lowest BCUT2D eigenvalue weighted by atomic mass is 10.1. The first-order valence-corrected chi connectivity index (χ1v) is 13.9. The molecular formula is C26H36FN5O5S. The Morgan fingerprint density at radius 3 is 2.26 bits per heavy atom. The molecule has 0 atom stereocenters. The summed E-state index contributed by atoms with van der Waals surface area (Å²) in [4.78, 5) is 38.8. The van der Waals surface area contributed by atoms with E-state index in [1.54, 1.807) is 30.3 Å². The summed E-state index contributed by atoms with van der Waals surface area (Å²) in [7, 11) is -3.81. The Bertz CT molecular complexity index is 1190. The van der Waals surface area contributed by atoms with Crippen molar-refractivity contribution in [2.45, 2.75) is 31.6 Å². The topological polar surface area (TPSA) is 151 Å². The van der Waals surface area contributed by atoms with Gasteiger partial charge in [-0.05, 0) is 61.2 Å². The third-order valence-corrected chi connectivity index (χ3v) is 6.46. The summed E-state index contributed by atoms with van der Waals surface area (Å²) >= 11 is 0. The van der Waals surface area contributed by atoms with E-state index in [0.29, 0.717) is 37.4 Å². The second-order valence-electron chi connectivity index (χ2n) is 9.27. The van der Waals surface area contributed by atoms with E-state index in [2.05, 4.69) is 16.0 Å². The van der Waals surface area contributed by atoms with Crippen LogP contribution >= 0.6 is 0 Å². The van der Waals surface area contributed by atoms with E-state index >= 15 is 0 Å². The highest BCUT2D eigenvalue weighted by Crippen LogP contribution is 2.10. The second-order valence-corrected chi connectivity index (χ2v) is 10.8. The van der Waals surface area contributed by atoms with Gasteiger partial charge in [-0.25, -0.2) is 17.9 Å². The van der Waals surface area contributed by atoms with E-state index in [9.17, 15) is 27.2 Å². The van der Waals surface area contributed by atoms with Crippen molar-refractivity contribution in [3.63, 3.8) is 0 Å². The summed E-state index contributed by atoms with van der Waals surface area (Å²) in [5.74, 6) is -1.49. The van der Waals surface area contributed by atoms with Crippen molar-refractivity contribution in [2.24, 2.45) is 11.1 Å². The Balaban J connectivity index is 1.88. The monoisotopic (exact) mass is 549 g/mol. The molecule has 12 heteroatoms. The molecule has 0 aliphatic carbocycles. The molecule has 0 bridgehead atoms. The number of nitrogens with one attached hydrogen (secondary N) is 3. The molecule has 2 aromatic rings. The Kier molecular flexibility index (Phi) is 12.5. The smallest absolute Gasteiger partial charge is 0.246 e. The van der Waals surface area contributed by atoms with Gasteiger partial charge in [0.05, 0.1) is 24.5 Å². The molecule has 0 heterocycles. The highest BCUT2D eigenvalue weighted by Gasteiger charge is 2.19. The van der Waals surface area contributed by atoms with Gasteiger partial charge in [-0.3, -0.25) is 19.7 Å². The SMILES string of the molecule is CC(C)CNCC(=O)N(CCc1ccc(S(N)(=O)=O)cc1)CC(=O)NC(=O)CNCCc1ccccc1F. The first kappa shape index (κ1) is 31.0. The maximum atomic E-state index is 13.7. The van der Waals surface area contributed by atoms with Crippen LogP contribution in [0.5, 0.6) is 0 Å². The molecule has 0 saturated carbocycles. The number of primary sulfonamides is 1. The normalized spacial score (nSPS) is 11.4. The summed E-state index contributed by atoms with van der Waals surface area (Å²) in [6, 6.07) is 12.3. The third kappa shape index (κ3) is 11.5. The molecule has 0 fully saturated rings. The van der Waals surface area contributed by atoms with Crippen LogP contribution in [0.25, 0.3) is 0 Å². The minimum atomic E-state index is -3.81. The fourth-order valence-electron chi connectivity index (χ4n) is 3.52. The molecule has 0 unspecified atom stereocenters. The van der Waals surface area contributed by atoms with Gasteiger partial charge in [0.25, 0.3) is 0 Å².